The quantitative estimate of drug-likeness (QED) is 0.137. The van der Waals surface area contributed by atoms with Crippen molar-refractivity contribution in [2.75, 3.05) is 18.1 Å². The minimum Gasteiger partial charge on any atom is -0.348 e. The third-order valence-electron chi connectivity index (χ3n) is 10.1. The number of halogens is 3. The second kappa shape index (κ2) is 14.0. The molecule has 2 aliphatic rings. The summed E-state index contributed by atoms with van der Waals surface area (Å²) in [6.45, 7) is 8.97. The van der Waals surface area contributed by atoms with Gasteiger partial charge in [-0.25, -0.2) is 0 Å². The molecule has 1 unspecified atom stereocenters. The smallest absolute Gasteiger partial charge is 0.187 e. The summed E-state index contributed by atoms with van der Waals surface area (Å²) in [5.74, 6) is 0. The highest BCUT2D eigenvalue weighted by molar-refractivity contribution is 6.37. The molecule has 1 aliphatic heterocycles. The Hall–Kier alpha value is -3.21. The van der Waals surface area contributed by atoms with Gasteiger partial charge in [-0.15, -0.1) is 0 Å². The van der Waals surface area contributed by atoms with Crippen LogP contribution in [0.25, 0.3) is 38.5 Å². The Kier molecular flexibility index (Phi) is 9.68. The Morgan fingerprint density at radius 1 is 0.771 bits per heavy atom. The summed E-state index contributed by atoms with van der Waals surface area (Å²) in [6.07, 6.45) is 16.3. The molecule has 248 valence electrons. The number of benzene rings is 4. The zero-order valence-corrected chi connectivity index (χ0v) is 30.4. The number of nitrogens with zero attached hydrogens (tertiary/aromatic N) is 2. The Morgan fingerprint density at radius 3 is 2.25 bits per heavy atom. The summed E-state index contributed by atoms with van der Waals surface area (Å²) in [6, 6.07) is 21.2. The predicted octanol–water partition coefficient (Wildman–Crippen LogP) is 12.2. The number of aryl methyl sites for hydroxylation is 1. The van der Waals surface area contributed by atoms with Crippen LogP contribution in [0.15, 0.2) is 95.1 Å². The first-order chi connectivity index (χ1) is 23.4. The fourth-order valence-corrected chi connectivity index (χ4v) is 8.57. The van der Waals surface area contributed by atoms with Crippen LogP contribution in [-0.2, 0) is 17.0 Å². The van der Waals surface area contributed by atoms with E-state index in [9.17, 15) is 0 Å². The third kappa shape index (κ3) is 5.57. The van der Waals surface area contributed by atoms with Gasteiger partial charge in [-0.1, -0.05) is 110 Å². The average Bonchev–Trinajstić information content (AvgIpc) is 3.55. The van der Waals surface area contributed by atoms with Gasteiger partial charge in [0.1, 0.15) is 0 Å². The summed E-state index contributed by atoms with van der Waals surface area (Å²) in [4.78, 5) is 2.43. The second-order valence-corrected chi connectivity index (χ2v) is 14.2. The summed E-state index contributed by atoms with van der Waals surface area (Å²) in [7, 11) is 0. The highest BCUT2D eigenvalue weighted by Crippen LogP contribution is 2.51. The van der Waals surface area contributed by atoms with Gasteiger partial charge in [-0.2, -0.15) is 0 Å². The van der Waals surface area contributed by atoms with Crippen LogP contribution < -0.4 is 10.2 Å². The maximum absolute atomic E-state index is 7.29. The van der Waals surface area contributed by atoms with Gasteiger partial charge in [0.2, 0.25) is 0 Å². The normalized spacial score (nSPS) is 19.5. The molecule has 0 N–H and O–H groups in total. The van der Waals surface area contributed by atoms with Gasteiger partial charge in [0, 0.05) is 83.8 Å². The van der Waals surface area contributed by atoms with Gasteiger partial charge < -0.3 is 14.2 Å². The van der Waals surface area contributed by atoms with E-state index in [1.807, 2.05) is 12.1 Å². The highest BCUT2D eigenvalue weighted by atomic mass is 35.5. The summed E-state index contributed by atoms with van der Waals surface area (Å²) < 4.78 is 9.24. The van der Waals surface area contributed by atoms with Crippen molar-refractivity contribution in [3.05, 3.63) is 116 Å². The number of ether oxygens (including phenoxy) is 1. The van der Waals surface area contributed by atoms with E-state index in [1.165, 1.54) is 38.3 Å². The number of aromatic nitrogens is 1. The molecular formula is C42H43Cl3N2O. The van der Waals surface area contributed by atoms with Gasteiger partial charge in [-0.3, -0.25) is 0 Å². The monoisotopic (exact) mass is 696 g/mol. The zero-order chi connectivity index (χ0) is 33.4. The zero-order valence-electron chi connectivity index (χ0n) is 28.1. The van der Waals surface area contributed by atoms with Crippen LogP contribution in [-0.4, -0.2) is 17.7 Å². The molecule has 1 aliphatic carbocycles. The fourth-order valence-electron chi connectivity index (χ4n) is 7.81. The lowest BCUT2D eigenvalue weighted by Gasteiger charge is -2.39. The molecule has 3 nitrogen and oxygen atoms in total. The molecular weight excluding hydrogens is 655 g/mol. The summed E-state index contributed by atoms with van der Waals surface area (Å²) >= 11 is 20.7. The van der Waals surface area contributed by atoms with E-state index in [0.29, 0.717) is 6.61 Å². The molecule has 0 spiro atoms. The fraction of sp³-hybridized carbons (Fsp3) is 0.333. The van der Waals surface area contributed by atoms with E-state index < -0.39 is 5.72 Å². The van der Waals surface area contributed by atoms with Crippen molar-refractivity contribution in [1.82, 2.24) is 4.57 Å². The van der Waals surface area contributed by atoms with E-state index in [4.69, 9.17) is 39.5 Å². The Balaban J connectivity index is 1.33. The lowest BCUT2D eigenvalue weighted by Crippen LogP contribution is -2.45. The van der Waals surface area contributed by atoms with Gasteiger partial charge in [-0.05, 0) is 86.6 Å². The molecule has 0 fully saturated rings. The number of hydrogen-bond donors (Lipinski definition) is 0. The Morgan fingerprint density at radius 2 is 1.48 bits per heavy atom. The molecule has 7 rings (SSSR count). The molecule has 2 heterocycles. The molecule has 0 saturated carbocycles. The first-order valence-electron chi connectivity index (χ1n) is 17.5. The predicted molar refractivity (Wildman–Crippen MR) is 208 cm³/mol. The van der Waals surface area contributed by atoms with Crippen molar-refractivity contribution in [3.8, 4) is 0 Å². The van der Waals surface area contributed by atoms with Crippen LogP contribution >= 0.6 is 34.8 Å². The van der Waals surface area contributed by atoms with Crippen LogP contribution in [0, 0.1) is 0 Å². The van der Waals surface area contributed by atoms with Crippen molar-refractivity contribution in [1.29, 1.82) is 0 Å². The van der Waals surface area contributed by atoms with E-state index in [0.717, 1.165) is 95.0 Å². The van der Waals surface area contributed by atoms with Gasteiger partial charge >= 0.3 is 0 Å². The minimum absolute atomic E-state index is 0.575. The Labute approximate surface area is 299 Å². The maximum Gasteiger partial charge on any atom is 0.187 e. The lowest BCUT2D eigenvalue weighted by molar-refractivity contribution is -0.00334. The van der Waals surface area contributed by atoms with Crippen LogP contribution in [0.4, 0.5) is 5.69 Å². The number of rotatable bonds is 11. The lowest BCUT2D eigenvalue weighted by atomic mass is 9.92. The van der Waals surface area contributed by atoms with Crippen LogP contribution in [0.3, 0.4) is 0 Å². The Bertz CT molecular complexity index is 2160. The third-order valence-corrected chi connectivity index (χ3v) is 11.3. The number of anilines is 1. The van der Waals surface area contributed by atoms with Gasteiger partial charge in [0.05, 0.1) is 0 Å². The van der Waals surface area contributed by atoms with Gasteiger partial charge in [0.25, 0.3) is 0 Å². The number of unbranched alkanes of at least 4 members (excludes halogenated alkanes) is 2. The average molecular weight is 698 g/mol. The molecule has 5 aromatic rings. The molecule has 0 saturated heterocycles. The molecule has 0 radical (unpaired) electrons. The van der Waals surface area contributed by atoms with E-state index in [-0.39, 0.29) is 0 Å². The SMILES string of the molecule is CCCCN1c2ccc(Cl)c3cccc(c23)C1(/C=C/C1=C(Cl)C(=C\C=c2/c3cccc4c(Cl)ccc(c43)n2CCCC)/CCC1)OCC. The molecule has 6 heteroatoms. The summed E-state index contributed by atoms with van der Waals surface area (Å²) in [5, 5.41) is 9.43. The standard InChI is InChI=1S/C42H43Cl3N2O/c1-4-7-26-46-36(32-16-10-14-30-34(43)19-22-37(46)39(30)32)21-18-28-12-9-13-29(41(28)45)24-25-42(48-6-3)33-17-11-15-31-35(44)20-23-38(40(31)33)47(42)27-8-5-2/h10-11,14-25H,4-9,12-13,26-27H2,1-3H3/b25-24+,28-18-,36-21+. The van der Waals surface area contributed by atoms with Gasteiger partial charge in [0.15, 0.2) is 5.72 Å². The summed E-state index contributed by atoms with van der Waals surface area (Å²) in [5.41, 5.74) is 5.13. The first-order valence-corrected chi connectivity index (χ1v) is 18.7. The van der Waals surface area contributed by atoms with Crippen LogP contribution in [0.5, 0.6) is 0 Å². The van der Waals surface area contributed by atoms with E-state index in [1.54, 1.807) is 0 Å². The van der Waals surface area contributed by atoms with Crippen LogP contribution in [0.1, 0.15) is 71.3 Å². The minimum atomic E-state index is -0.737. The number of hydrogen-bond acceptors (Lipinski definition) is 2. The number of allylic oxidation sites excluding steroid dienone is 5. The molecule has 0 bridgehead atoms. The second-order valence-electron chi connectivity index (χ2n) is 13.0. The van der Waals surface area contributed by atoms with Crippen LogP contribution in [0.2, 0.25) is 10.0 Å². The largest absolute Gasteiger partial charge is 0.348 e. The van der Waals surface area contributed by atoms with Crippen molar-refractivity contribution in [2.24, 2.45) is 0 Å². The van der Waals surface area contributed by atoms with Crippen molar-refractivity contribution in [3.63, 3.8) is 0 Å². The topological polar surface area (TPSA) is 17.4 Å². The molecule has 4 aromatic carbocycles. The van der Waals surface area contributed by atoms with Crippen molar-refractivity contribution >= 4 is 79.0 Å². The molecule has 48 heavy (non-hydrogen) atoms. The van der Waals surface area contributed by atoms with E-state index in [2.05, 4.69) is 103 Å². The maximum atomic E-state index is 7.29. The first kappa shape index (κ1) is 33.3. The van der Waals surface area contributed by atoms with E-state index >= 15 is 0 Å². The highest BCUT2D eigenvalue weighted by Gasteiger charge is 2.45. The van der Waals surface area contributed by atoms with Crippen molar-refractivity contribution in [2.45, 2.75) is 78.0 Å². The molecule has 0 amide bonds. The molecule has 1 atom stereocenters. The van der Waals surface area contributed by atoms with Crippen molar-refractivity contribution < 1.29 is 4.74 Å². The molecule has 1 aromatic heterocycles.